The van der Waals surface area contributed by atoms with Crippen LogP contribution < -0.4 is 21.7 Å². The molecule has 1 atom stereocenters. The van der Waals surface area contributed by atoms with Gasteiger partial charge in [-0.3, -0.25) is 19.0 Å². The summed E-state index contributed by atoms with van der Waals surface area (Å²) >= 11 is 5.82. The molecular weight excluding hydrogens is 376 g/mol. The molecule has 0 bridgehead atoms. The van der Waals surface area contributed by atoms with Crippen LogP contribution in [0.1, 0.15) is 6.92 Å². The number of ether oxygens (including phenoxy) is 1. The molecule has 138 valence electrons. The maximum atomic E-state index is 14.3. The Bertz CT molecular complexity index is 1020. The lowest BCUT2D eigenvalue weighted by molar-refractivity contribution is -0.134. The average Bonchev–Trinajstić information content (AvgIpc) is 2.52. The van der Waals surface area contributed by atoms with Gasteiger partial charge in [0.1, 0.15) is 11.6 Å². The van der Waals surface area contributed by atoms with Crippen molar-refractivity contribution in [1.82, 2.24) is 9.13 Å². The van der Waals surface area contributed by atoms with Gasteiger partial charge in [0.15, 0.2) is 5.78 Å². The SMILES string of the molecule is CC(=O)C(Oc1cc(-n2c(=O)cc(F)n(C)c2=O)c(F)cc1Cl)C(N)=O. The summed E-state index contributed by atoms with van der Waals surface area (Å²) in [7, 11) is 1.04. The normalized spacial score (nSPS) is 11.9. The number of aromatic nitrogens is 2. The monoisotopic (exact) mass is 387 g/mol. The molecular formula is C15H12ClF2N3O5. The van der Waals surface area contributed by atoms with Crippen LogP contribution in [0.25, 0.3) is 5.69 Å². The molecule has 8 nitrogen and oxygen atoms in total. The smallest absolute Gasteiger partial charge is 0.337 e. The molecule has 1 heterocycles. The Morgan fingerprint density at radius 3 is 2.38 bits per heavy atom. The van der Waals surface area contributed by atoms with Crippen LogP contribution in [0.5, 0.6) is 5.75 Å². The van der Waals surface area contributed by atoms with Crippen LogP contribution in [0.15, 0.2) is 27.8 Å². The Labute approximate surface area is 149 Å². The van der Waals surface area contributed by atoms with Crippen molar-refractivity contribution in [3.05, 3.63) is 55.8 Å². The van der Waals surface area contributed by atoms with Crippen molar-refractivity contribution >= 4 is 23.3 Å². The van der Waals surface area contributed by atoms with Gasteiger partial charge in [-0.1, -0.05) is 11.6 Å². The third kappa shape index (κ3) is 3.49. The van der Waals surface area contributed by atoms with Gasteiger partial charge in [-0.25, -0.2) is 13.8 Å². The Balaban J connectivity index is 2.69. The molecule has 0 aliphatic heterocycles. The summed E-state index contributed by atoms with van der Waals surface area (Å²) in [6, 6.07) is 2.02. The molecule has 0 fully saturated rings. The van der Waals surface area contributed by atoms with Gasteiger partial charge in [0.25, 0.3) is 11.5 Å². The standard InChI is InChI=1S/C15H12ClF2N3O5/c1-6(22)13(14(19)24)26-10-4-9(8(17)3-7(10)16)21-12(23)5-11(18)20(2)15(21)25/h3-5,13H,1-2H3,(H2,19,24). The van der Waals surface area contributed by atoms with Crippen LogP contribution in [0.3, 0.4) is 0 Å². The Hall–Kier alpha value is -3.01. The van der Waals surface area contributed by atoms with Gasteiger partial charge in [-0.05, 0) is 13.0 Å². The van der Waals surface area contributed by atoms with Crippen molar-refractivity contribution in [1.29, 1.82) is 0 Å². The van der Waals surface area contributed by atoms with Crippen LogP contribution >= 0.6 is 11.6 Å². The van der Waals surface area contributed by atoms with Gasteiger partial charge in [0, 0.05) is 13.1 Å². The number of carbonyl (C=O) groups excluding carboxylic acids is 2. The van der Waals surface area contributed by atoms with Crippen LogP contribution in [0.2, 0.25) is 5.02 Å². The first-order chi connectivity index (χ1) is 12.0. The van der Waals surface area contributed by atoms with E-state index >= 15 is 0 Å². The minimum atomic E-state index is -1.71. The van der Waals surface area contributed by atoms with Crippen molar-refractivity contribution < 1.29 is 23.1 Å². The molecule has 2 N–H and O–H groups in total. The van der Waals surface area contributed by atoms with Crippen LogP contribution in [0.4, 0.5) is 8.78 Å². The van der Waals surface area contributed by atoms with Gasteiger partial charge in [-0.2, -0.15) is 4.39 Å². The van der Waals surface area contributed by atoms with Gasteiger partial charge < -0.3 is 10.5 Å². The molecule has 1 aromatic heterocycles. The molecule has 0 saturated carbocycles. The third-order valence-electron chi connectivity index (χ3n) is 3.38. The Morgan fingerprint density at radius 2 is 1.85 bits per heavy atom. The van der Waals surface area contributed by atoms with Crippen molar-refractivity contribution in [3.63, 3.8) is 0 Å². The number of benzene rings is 1. The van der Waals surface area contributed by atoms with E-state index in [1.54, 1.807) is 0 Å². The Kier molecular flexibility index (Phi) is 5.26. The van der Waals surface area contributed by atoms with Crippen LogP contribution in [-0.4, -0.2) is 26.9 Å². The quantitative estimate of drug-likeness (QED) is 0.585. The second kappa shape index (κ2) is 7.08. The number of nitrogens with two attached hydrogens (primary N) is 1. The number of hydrogen-bond donors (Lipinski definition) is 1. The van der Waals surface area contributed by atoms with Crippen molar-refractivity contribution in [2.24, 2.45) is 12.8 Å². The minimum absolute atomic E-state index is 0.342. The average molecular weight is 388 g/mol. The highest BCUT2D eigenvalue weighted by molar-refractivity contribution is 6.32. The number of nitrogens with zero attached hydrogens (tertiary/aromatic N) is 2. The van der Waals surface area contributed by atoms with Crippen molar-refractivity contribution in [3.8, 4) is 11.4 Å². The van der Waals surface area contributed by atoms with Crippen molar-refractivity contribution in [2.75, 3.05) is 0 Å². The summed E-state index contributed by atoms with van der Waals surface area (Å²) in [6.07, 6.45) is -1.71. The van der Waals surface area contributed by atoms with Gasteiger partial charge in [0.05, 0.1) is 16.8 Å². The molecule has 1 unspecified atom stereocenters. The van der Waals surface area contributed by atoms with E-state index in [4.69, 9.17) is 22.1 Å². The molecule has 1 aromatic carbocycles. The van der Waals surface area contributed by atoms with E-state index in [2.05, 4.69) is 0 Å². The number of ketones is 1. The number of rotatable bonds is 5. The van der Waals surface area contributed by atoms with Gasteiger partial charge in [-0.15, -0.1) is 0 Å². The first-order valence-corrected chi connectivity index (χ1v) is 7.36. The predicted octanol–water partition coefficient (Wildman–Crippen LogP) is 0.290. The summed E-state index contributed by atoms with van der Waals surface area (Å²) in [5, 5.41) is -0.342. The first-order valence-electron chi connectivity index (χ1n) is 6.99. The fourth-order valence-electron chi connectivity index (χ4n) is 2.07. The molecule has 0 spiro atoms. The van der Waals surface area contributed by atoms with E-state index in [0.29, 0.717) is 21.3 Å². The van der Waals surface area contributed by atoms with Crippen LogP contribution in [0, 0.1) is 11.8 Å². The summed E-state index contributed by atoms with van der Waals surface area (Å²) < 4.78 is 33.6. The maximum absolute atomic E-state index is 14.3. The number of carbonyl (C=O) groups is 2. The van der Waals surface area contributed by atoms with Crippen LogP contribution in [-0.2, 0) is 16.6 Å². The summed E-state index contributed by atoms with van der Waals surface area (Å²) in [5.74, 6) is -4.44. The molecule has 11 heteroatoms. The van der Waals surface area contributed by atoms with E-state index in [1.807, 2.05) is 0 Å². The zero-order chi connectivity index (χ0) is 19.8. The van der Waals surface area contributed by atoms with E-state index < -0.39 is 46.5 Å². The second-order valence-corrected chi connectivity index (χ2v) is 5.63. The van der Waals surface area contributed by atoms with Gasteiger partial charge >= 0.3 is 5.69 Å². The third-order valence-corrected chi connectivity index (χ3v) is 3.67. The Morgan fingerprint density at radius 1 is 1.23 bits per heavy atom. The molecule has 1 amide bonds. The van der Waals surface area contributed by atoms with E-state index in [0.717, 1.165) is 20.0 Å². The highest BCUT2D eigenvalue weighted by atomic mass is 35.5. The summed E-state index contributed by atoms with van der Waals surface area (Å²) in [5.41, 5.74) is 2.13. The van der Waals surface area contributed by atoms with E-state index in [9.17, 15) is 28.0 Å². The number of primary amides is 1. The zero-order valence-electron chi connectivity index (χ0n) is 13.5. The molecule has 2 rings (SSSR count). The van der Waals surface area contributed by atoms with E-state index in [-0.39, 0.29) is 10.8 Å². The topological polar surface area (TPSA) is 113 Å². The zero-order valence-corrected chi connectivity index (χ0v) is 14.2. The maximum Gasteiger partial charge on any atom is 0.337 e. The number of Topliss-reactive ketones (excluding diaryl/α,β-unsaturated/α-hetero) is 1. The van der Waals surface area contributed by atoms with Crippen molar-refractivity contribution in [2.45, 2.75) is 13.0 Å². The first kappa shape index (κ1) is 19.3. The number of hydrogen-bond acceptors (Lipinski definition) is 5. The van der Waals surface area contributed by atoms with E-state index in [1.165, 1.54) is 0 Å². The van der Waals surface area contributed by atoms with Gasteiger partial charge in [0.2, 0.25) is 12.1 Å². The molecule has 0 saturated heterocycles. The number of halogens is 3. The number of amides is 1. The lowest BCUT2D eigenvalue weighted by atomic mass is 10.2. The lowest BCUT2D eigenvalue weighted by Gasteiger charge is -2.16. The molecule has 0 aliphatic carbocycles. The molecule has 0 radical (unpaired) electrons. The highest BCUT2D eigenvalue weighted by Crippen LogP contribution is 2.29. The molecule has 0 aliphatic rings. The minimum Gasteiger partial charge on any atom is -0.471 e. The predicted molar refractivity (Wildman–Crippen MR) is 86.5 cm³/mol. The summed E-state index contributed by atoms with van der Waals surface area (Å²) in [4.78, 5) is 46.8. The molecule has 2 aromatic rings. The lowest BCUT2D eigenvalue weighted by Crippen LogP contribution is -2.40. The second-order valence-electron chi connectivity index (χ2n) is 5.23. The fourth-order valence-corrected chi connectivity index (χ4v) is 2.26. The molecule has 26 heavy (non-hydrogen) atoms. The fraction of sp³-hybridized carbons (Fsp3) is 0.200. The highest BCUT2D eigenvalue weighted by Gasteiger charge is 2.25. The largest absolute Gasteiger partial charge is 0.471 e. The summed E-state index contributed by atoms with van der Waals surface area (Å²) in [6.45, 7) is 1.04.